The van der Waals surface area contributed by atoms with Gasteiger partial charge in [-0.25, -0.2) is 0 Å². The second kappa shape index (κ2) is 7.80. The molecule has 0 fully saturated rings. The molecule has 0 amide bonds. The molecule has 1 N–H and O–H groups in total. The molecule has 0 aliphatic rings. The third kappa shape index (κ3) is 5.15. The molecule has 0 aliphatic heterocycles. The first-order valence-electron chi connectivity index (χ1n) is 5.73. The predicted octanol–water partition coefficient (Wildman–Crippen LogP) is 3.73. The number of carbonyl (C=O) groups is 1. The number of Topliss-reactive ketones (excluding diaryl/α,β-unsaturated/α-hetero) is 1. The minimum Gasteiger partial charge on any atom is -0.319 e. The summed E-state index contributed by atoms with van der Waals surface area (Å²) in [6.45, 7) is 4.87. The van der Waals surface area contributed by atoms with Crippen LogP contribution in [0.3, 0.4) is 0 Å². The van der Waals surface area contributed by atoms with Gasteiger partial charge < -0.3 is 5.32 Å². The van der Waals surface area contributed by atoms with Gasteiger partial charge in [-0.05, 0) is 19.2 Å². The van der Waals surface area contributed by atoms with Crippen molar-refractivity contribution in [2.45, 2.75) is 18.7 Å². The summed E-state index contributed by atoms with van der Waals surface area (Å²) in [5.41, 5.74) is 0.810. The Morgan fingerprint density at radius 1 is 1.35 bits per heavy atom. The highest BCUT2D eigenvalue weighted by molar-refractivity contribution is 8.76. The average Bonchev–Trinajstić information content (AvgIpc) is 2.34. The number of hydrogen-bond donors (Lipinski definition) is 1. The molecule has 1 aromatic carbocycles. The van der Waals surface area contributed by atoms with Crippen LogP contribution in [-0.4, -0.2) is 25.1 Å². The SMILES string of the molecule is CNCCSSc1ccc(C(=O)C(C)C)cc1.[HH]. The molecule has 96 valence electrons. The van der Waals surface area contributed by atoms with E-state index in [9.17, 15) is 4.79 Å². The maximum Gasteiger partial charge on any atom is 0.165 e. The fraction of sp³-hybridized carbons (Fsp3) is 0.462. The van der Waals surface area contributed by atoms with E-state index in [1.54, 1.807) is 10.8 Å². The Labute approximate surface area is 113 Å². The predicted molar refractivity (Wildman–Crippen MR) is 80.0 cm³/mol. The molecular formula is C13H21NOS2. The summed E-state index contributed by atoms with van der Waals surface area (Å²) in [5, 5.41) is 3.11. The molecule has 0 aliphatic carbocycles. The van der Waals surface area contributed by atoms with E-state index in [1.165, 1.54) is 4.90 Å². The molecule has 17 heavy (non-hydrogen) atoms. The second-order valence-electron chi connectivity index (χ2n) is 4.05. The molecule has 0 bridgehead atoms. The fourth-order valence-electron chi connectivity index (χ4n) is 1.26. The minimum absolute atomic E-state index is 0. The van der Waals surface area contributed by atoms with Crippen molar-refractivity contribution in [3.63, 3.8) is 0 Å². The molecule has 0 saturated carbocycles. The van der Waals surface area contributed by atoms with Gasteiger partial charge in [-0.1, -0.05) is 47.6 Å². The Hall–Kier alpha value is -0.450. The quantitative estimate of drug-likeness (QED) is 0.465. The first kappa shape index (κ1) is 14.6. The van der Waals surface area contributed by atoms with Gasteiger partial charge in [0.1, 0.15) is 0 Å². The Kier molecular flexibility index (Phi) is 6.70. The standard InChI is InChI=1S/C13H19NOS2.H2/c1-10(2)13(15)11-4-6-12(7-5-11)17-16-9-8-14-3;/h4-7,10,14H,8-9H2,1-3H3;1H. The smallest absolute Gasteiger partial charge is 0.165 e. The van der Waals surface area contributed by atoms with E-state index in [1.807, 2.05) is 56.0 Å². The summed E-state index contributed by atoms with van der Waals surface area (Å²) < 4.78 is 0. The normalized spacial score (nSPS) is 10.8. The lowest BCUT2D eigenvalue weighted by Gasteiger charge is -2.05. The van der Waals surface area contributed by atoms with Crippen LogP contribution < -0.4 is 5.32 Å². The molecule has 1 rings (SSSR count). The van der Waals surface area contributed by atoms with E-state index in [2.05, 4.69) is 5.32 Å². The van der Waals surface area contributed by atoms with E-state index >= 15 is 0 Å². The summed E-state index contributed by atoms with van der Waals surface area (Å²) in [6.07, 6.45) is 0. The van der Waals surface area contributed by atoms with Gasteiger partial charge in [0.2, 0.25) is 0 Å². The van der Waals surface area contributed by atoms with Gasteiger partial charge >= 0.3 is 0 Å². The van der Waals surface area contributed by atoms with E-state index in [0.717, 1.165) is 17.9 Å². The highest BCUT2D eigenvalue weighted by Gasteiger charge is 2.09. The van der Waals surface area contributed by atoms with Crippen LogP contribution in [0.25, 0.3) is 0 Å². The average molecular weight is 271 g/mol. The van der Waals surface area contributed by atoms with Crippen molar-refractivity contribution in [3.8, 4) is 0 Å². The van der Waals surface area contributed by atoms with Crippen molar-refractivity contribution in [1.29, 1.82) is 0 Å². The molecule has 4 heteroatoms. The third-order valence-electron chi connectivity index (χ3n) is 2.25. The first-order chi connectivity index (χ1) is 8.15. The summed E-state index contributed by atoms with van der Waals surface area (Å²) in [5.74, 6) is 1.36. The van der Waals surface area contributed by atoms with Gasteiger partial charge in [0.05, 0.1) is 0 Å². The van der Waals surface area contributed by atoms with E-state index in [0.29, 0.717) is 0 Å². The molecular weight excluding hydrogens is 250 g/mol. The van der Waals surface area contributed by atoms with Gasteiger partial charge in [-0.3, -0.25) is 4.79 Å². The van der Waals surface area contributed by atoms with Gasteiger partial charge in [-0.2, -0.15) is 0 Å². The van der Waals surface area contributed by atoms with Crippen LogP contribution in [0, 0.1) is 5.92 Å². The number of rotatable bonds is 7. The lowest BCUT2D eigenvalue weighted by atomic mass is 10.0. The largest absolute Gasteiger partial charge is 0.319 e. The van der Waals surface area contributed by atoms with Crippen molar-refractivity contribution in [2.75, 3.05) is 19.3 Å². The number of ketones is 1. The Morgan fingerprint density at radius 2 is 2.00 bits per heavy atom. The molecule has 2 nitrogen and oxygen atoms in total. The van der Waals surface area contributed by atoms with Crippen molar-refractivity contribution in [3.05, 3.63) is 29.8 Å². The van der Waals surface area contributed by atoms with Gasteiger partial charge in [0.15, 0.2) is 5.78 Å². The van der Waals surface area contributed by atoms with Gasteiger partial charge in [-0.15, -0.1) is 0 Å². The van der Waals surface area contributed by atoms with E-state index in [4.69, 9.17) is 0 Å². The Balaban J connectivity index is 0.00000289. The maximum atomic E-state index is 11.7. The van der Waals surface area contributed by atoms with Crippen LogP contribution in [0.1, 0.15) is 25.6 Å². The summed E-state index contributed by atoms with van der Waals surface area (Å²) in [4.78, 5) is 12.9. The molecule has 0 unspecified atom stereocenters. The Morgan fingerprint density at radius 3 is 2.53 bits per heavy atom. The summed E-state index contributed by atoms with van der Waals surface area (Å²) >= 11 is 0. The van der Waals surface area contributed by atoms with Crippen LogP contribution >= 0.6 is 21.6 Å². The first-order valence-corrected chi connectivity index (χ1v) is 8.05. The van der Waals surface area contributed by atoms with E-state index in [-0.39, 0.29) is 13.1 Å². The summed E-state index contributed by atoms with van der Waals surface area (Å²) in [6, 6.07) is 7.88. The van der Waals surface area contributed by atoms with Crippen LogP contribution in [-0.2, 0) is 0 Å². The number of hydrogen-bond acceptors (Lipinski definition) is 4. The highest BCUT2D eigenvalue weighted by Crippen LogP contribution is 2.30. The fourth-order valence-corrected chi connectivity index (χ4v) is 3.26. The minimum atomic E-state index is 0. The van der Waals surface area contributed by atoms with Crippen molar-refractivity contribution < 1.29 is 6.22 Å². The Bertz CT molecular complexity index is 355. The topological polar surface area (TPSA) is 29.1 Å². The third-order valence-corrected chi connectivity index (χ3v) is 4.64. The van der Waals surface area contributed by atoms with Crippen molar-refractivity contribution in [2.24, 2.45) is 5.92 Å². The van der Waals surface area contributed by atoms with Gasteiger partial charge in [0, 0.05) is 30.1 Å². The number of benzene rings is 1. The van der Waals surface area contributed by atoms with Crippen LogP contribution in [0.5, 0.6) is 0 Å². The van der Waals surface area contributed by atoms with Crippen LogP contribution in [0.15, 0.2) is 29.2 Å². The highest BCUT2D eigenvalue weighted by atomic mass is 33.1. The van der Waals surface area contributed by atoms with Crippen molar-refractivity contribution >= 4 is 27.4 Å². The molecule has 0 radical (unpaired) electrons. The zero-order chi connectivity index (χ0) is 12.7. The van der Waals surface area contributed by atoms with E-state index < -0.39 is 0 Å². The lowest BCUT2D eigenvalue weighted by molar-refractivity contribution is 0.0939. The molecule has 0 aromatic heterocycles. The number of nitrogens with one attached hydrogen (secondary N) is 1. The van der Waals surface area contributed by atoms with Crippen molar-refractivity contribution in [1.82, 2.24) is 5.32 Å². The molecule has 0 spiro atoms. The number of carbonyl (C=O) groups excluding carboxylic acids is 1. The maximum absolute atomic E-state index is 11.7. The second-order valence-corrected chi connectivity index (χ2v) is 6.54. The monoisotopic (exact) mass is 271 g/mol. The zero-order valence-corrected chi connectivity index (χ0v) is 12.2. The van der Waals surface area contributed by atoms with Crippen LogP contribution in [0.4, 0.5) is 0 Å². The van der Waals surface area contributed by atoms with Crippen LogP contribution in [0.2, 0.25) is 0 Å². The zero-order valence-electron chi connectivity index (χ0n) is 10.5. The molecule has 0 atom stereocenters. The summed E-state index contributed by atoms with van der Waals surface area (Å²) in [7, 11) is 5.53. The molecule has 0 saturated heterocycles. The molecule has 1 aromatic rings. The molecule has 0 heterocycles. The van der Waals surface area contributed by atoms with Gasteiger partial charge in [0.25, 0.3) is 0 Å². The lowest BCUT2D eigenvalue weighted by Crippen LogP contribution is -2.09.